The van der Waals surface area contributed by atoms with Gasteiger partial charge >= 0.3 is 0 Å². The van der Waals surface area contributed by atoms with Crippen LogP contribution in [0.4, 0.5) is 5.69 Å². The lowest BCUT2D eigenvalue weighted by atomic mass is 9.85. The first-order chi connectivity index (χ1) is 8.58. The summed E-state index contributed by atoms with van der Waals surface area (Å²) < 4.78 is 0. The molecule has 0 saturated heterocycles. The van der Waals surface area contributed by atoms with Gasteiger partial charge in [0.05, 0.1) is 11.3 Å². The highest BCUT2D eigenvalue weighted by Gasteiger charge is 2.22. The molecule has 2 unspecified atom stereocenters. The summed E-state index contributed by atoms with van der Waals surface area (Å²) in [5.74, 6) is 0.108. The van der Waals surface area contributed by atoms with Crippen molar-refractivity contribution in [2.24, 2.45) is 11.7 Å². The second kappa shape index (κ2) is 5.57. The van der Waals surface area contributed by atoms with Crippen LogP contribution >= 0.6 is 11.6 Å². The number of anilines is 1. The molecule has 1 aliphatic rings. The molecule has 0 spiro atoms. The Morgan fingerprint density at radius 3 is 2.89 bits per heavy atom. The maximum absolute atomic E-state index is 11.4. The maximum Gasteiger partial charge on any atom is 0.252 e. The highest BCUT2D eigenvalue weighted by molar-refractivity contribution is 6.29. The zero-order valence-corrected chi connectivity index (χ0v) is 11.2. The second-order valence-corrected chi connectivity index (χ2v) is 5.32. The first-order valence-corrected chi connectivity index (χ1v) is 6.67. The fraction of sp³-hybridized carbons (Fsp3) is 0.538. The van der Waals surface area contributed by atoms with Crippen LogP contribution in [0.5, 0.6) is 0 Å². The van der Waals surface area contributed by atoms with E-state index in [0.29, 0.717) is 28.4 Å². The van der Waals surface area contributed by atoms with Gasteiger partial charge < -0.3 is 11.1 Å². The van der Waals surface area contributed by atoms with Crippen molar-refractivity contribution in [3.05, 3.63) is 23.0 Å². The van der Waals surface area contributed by atoms with Crippen LogP contribution in [0.1, 0.15) is 43.0 Å². The smallest absolute Gasteiger partial charge is 0.252 e. The van der Waals surface area contributed by atoms with E-state index in [0.717, 1.165) is 6.42 Å². The lowest BCUT2D eigenvalue weighted by Gasteiger charge is -2.30. The third-order valence-corrected chi connectivity index (χ3v) is 3.80. The number of carbonyl (C=O) groups excluding carboxylic acids is 1. The van der Waals surface area contributed by atoms with Crippen LogP contribution in [0.15, 0.2) is 12.3 Å². The Hall–Kier alpha value is -1.29. The Bertz CT molecular complexity index is 450. The van der Waals surface area contributed by atoms with Gasteiger partial charge in [-0.1, -0.05) is 31.4 Å². The second-order valence-electron chi connectivity index (χ2n) is 4.93. The molecule has 1 aromatic rings. The van der Waals surface area contributed by atoms with E-state index >= 15 is 0 Å². The Morgan fingerprint density at radius 2 is 2.22 bits per heavy atom. The Morgan fingerprint density at radius 1 is 1.50 bits per heavy atom. The third kappa shape index (κ3) is 2.93. The fourth-order valence-corrected chi connectivity index (χ4v) is 2.63. The van der Waals surface area contributed by atoms with E-state index in [-0.39, 0.29) is 0 Å². The van der Waals surface area contributed by atoms with E-state index < -0.39 is 5.91 Å². The molecule has 0 bridgehead atoms. The average Bonchev–Trinajstić information content (AvgIpc) is 2.32. The highest BCUT2D eigenvalue weighted by atomic mass is 35.5. The van der Waals surface area contributed by atoms with Crippen LogP contribution in [-0.4, -0.2) is 16.9 Å². The van der Waals surface area contributed by atoms with Gasteiger partial charge in [-0.15, -0.1) is 0 Å². The van der Waals surface area contributed by atoms with Crippen LogP contribution in [-0.2, 0) is 0 Å². The van der Waals surface area contributed by atoms with Gasteiger partial charge in [-0.05, 0) is 24.8 Å². The van der Waals surface area contributed by atoms with Crippen molar-refractivity contribution < 1.29 is 4.79 Å². The number of hydrogen-bond donors (Lipinski definition) is 2. The van der Waals surface area contributed by atoms with Gasteiger partial charge in [-0.25, -0.2) is 4.98 Å². The van der Waals surface area contributed by atoms with E-state index in [4.69, 9.17) is 17.3 Å². The topological polar surface area (TPSA) is 68.0 Å². The molecule has 2 atom stereocenters. The summed E-state index contributed by atoms with van der Waals surface area (Å²) in [7, 11) is 0. The molecule has 5 heteroatoms. The molecular formula is C13H18ClN3O. The average molecular weight is 268 g/mol. The fourth-order valence-electron chi connectivity index (χ4n) is 2.48. The van der Waals surface area contributed by atoms with Gasteiger partial charge in [0, 0.05) is 12.2 Å². The molecule has 0 aliphatic heterocycles. The number of halogens is 1. The predicted molar refractivity (Wildman–Crippen MR) is 72.8 cm³/mol. The number of nitrogens with two attached hydrogens (primary N) is 1. The molecule has 2 rings (SSSR count). The van der Waals surface area contributed by atoms with Gasteiger partial charge in [0.1, 0.15) is 5.15 Å². The summed E-state index contributed by atoms with van der Waals surface area (Å²) in [6, 6.07) is 2.04. The zero-order valence-electron chi connectivity index (χ0n) is 10.4. The van der Waals surface area contributed by atoms with E-state index in [2.05, 4.69) is 17.2 Å². The summed E-state index contributed by atoms with van der Waals surface area (Å²) in [4.78, 5) is 15.3. The van der Waals surface area contributed by atoms with E-state index in [9.17, 15) is 4.79 Å². The van der Waals surface area contributed by atoms with Crippen molar-refractivity contribution in [3.8, 4) is 0 Å². The quantitative estimate of drug-likeness (QED) is 0.828. The van der Waals surface area contributed by atoms with Crippen molar-refractivity contribution in [2.75, 3.05) is 5.32 Å². The number of aromatic nitrogens is 1. The summed E-state index contributed by atoms with van der Waals surface area (Å²) in [5, 5.41) is 3.76. The van der Waals surface area contributed by atoms with Crippen LogP contribution < -0.4 is 11.1 Å². The van der Waals surface area contributed by atoms with E-state index in [1.54, 1.807) is 6.07 Å². The molecule has 1 heterocycles. The van der Waals surface area contributed by atoms with Crippen molar-refractivity contribution in [1.29, 1.82) is 0 Å². The predicted octanol–water partition coefficient (Wildman–Crippen LogP) is 2.82. The number of nitrogens with one attached hydrogen (secondary N) is 1. The molecule has 98 valence electrons. The molecule has 4 nitrogen and oxygen atoms in total. The van der Waals surface area contributed by atoms with Gasteiger partial charge in [-0.2, -0.15) is 0 Å². The van der Waals surface area contributed by atoms with Crippen LogP contribution in [0.25, 0.3) is 0 Å². The van der Waals surface area contributed by atoms with Gasteiger partial charge in [0.25, 0.3) is 5.91 Å². The number of nitrogens with zero attached hydrogens (tertiary/aromatic N) is 1. The zero-order chi connectivity index (χ0) is 13.1. The third-order valence-electron chi connectivity index (χ3n) is 3.59. The Balaban J connectivity index is 2.21. The SMILES string of the molecule is CC1CCCCC1Nc1cc(Cl)ncc1C(N)=O. The molecule has 1 aromatic heterocycles. The van der Waals surface area contributed by atoms with Crippen LogP contribution in [0.2, 0.25) is 5.15 Å². The van der Waals surface area contributed by atoms with Crippen molar-refractivity contribution in [3.63, 3.8) is 0 Å². The molecule has 1 aliphatic carbocycles. The first-order valence-electron chi connectivity index (χ1n) is 6.30. The van der Waals surface area contributed by atoms with Crippen molar-refractivity contribution in [1.82, 2.24) is 4.98 Å². The molecule has 0 aromatic carbocycles. The van der Waals surface area contributed by atoms with Crippen LogP contribution in [0, 0.1) is 5.92 Å². The molecule has 3 N–H and O–H groups in total. The summed E-state index contributed by atoms with van der Waals surface area (Å²) in [6.07, 6.45) is 6.24. The molecule has 0 radical (unpaired) electrons. The summed E-state index contributed by atoms with van der Waals surface area (Å²) >= 11 is 5.87. The Kier molecular flexibility index (Phi) is 4.07. The number of pyridine rings is 1. The minimum Gasteiger partial charge on any atom is -0.381 e. The summed E-state index contributed by atoms with van der Waals surface area (Å²) in [5.41, 5.74) is 6.44. The number of primary amides is 1. The van der Waals surface area contributed by atoms with E-state index in [1.165, 1.54) is 25.5 Å². The number of carbonyl (C=O) groups is 1. The number of hydrogen-bond acceptors (Lipinski definition) is 3. The summed E-state index contributed by atoms with van der Waals surface area (Å²) in [6.45, 7) is 2.23. The minimum absolute atomic E-state index is 0.367. The number of amides is 1. The maximum atomic E-state index is 11.4. The van der Waals surface area contributed by atoms with Crippen molar-refractivity contribution in [2.45, 2.75) is 38.6 Å². The highest BCUT2D eigenvalue weighted by Crippen LogP contribution is 2.28. The molecule has 1 saturated carbocycles. The molecule has 1 fully saturated rings. The minimum atomic E-state index is -0.481. The number of rotatable bonds is 3. The molecule has 1 amide bonds. The van der Waals surface area contributed by atoms with Gasteiger partial charge in [0.15, 0.2) is 0 Å². The Labute approximate surface area is 112 Å². The standard InChI is InChI=1S/C13H18ClN3O/c1-8-4-2-3-5-10(8)17-11-6-12(14)16-7-9(11)13(15)18/h6-8,10H,2-5H2,1H3,(H2,15,18)(H,16,17). The van der Waals surface area contributed by atoms with Crippen molar-refractivity contribution >= 4 is 23.2 Å². The van der Waals surface area contributed by atoms with E-state index in [1.807, 2.05) is 0 Å². The normalized spacial score (nSPS) is 23.7. The van der Waals surface area contributed by atoms with Crippen LogP contribution in [0.3, 0.4) is 0 Å². The lowest BCUT2D eigenvalue weighted by Crippen LogP contribution is -2.31. The molecular weight excluding hydrogens is 250 g/mol. The first kappa shape index (κ1) is 13.1. The monoisotopic (exact) mass is 267 g/mol. The molecule has 18 heavy (non-hydrogen) atoms. The van der Waals surface area contributed by atoms with Gasteiger partial charge in [-0.3, -0.25) is 4.79 Å². The van der Waals surface area contributed by atoms with Gasteiger partial charge in [0.2, 0.25) is 0 Å². The largest absolute Gasteiger partial charge is 0.381 e. The lowest BCUT2D eigenvalue weighted by molar-refractivity contribution is 0.100.